The third kappa shape index (κ3) is 2.94. The Balaban J connectivity index is 2.01. The molecule has 0 unspecified atom stereocenters. The van der Waals surface area contributed by atoms with Gasteiger partial charge >= 0.3 is 0 Å². The summed E-state index contributed by atoms with van der Waals surface area (Å²) in [6.45, 7) is 0. The third-order valence-electron chi connectivity index (χ3n) is 2.97. The summed E-state index contributed by atoms with van der Waals surface area (Å²) in [7, 11) is 1.62. The molecule has 0 saturated heterocycles. The Morgan fingerprint density at radius 2 is 2.18 bits per heavy atom. The van der Waals surface area contributed by atoms with Gasteiger partial charge in [-0.15, -0.1) is 0 Å². The number of H-pyrrole nitrogens is 1. The molecule has 1 N–H and O–H groups in total. The van der Waals surface area contributed by atoms with E-state index in [4.69, 9.17) is 17.0 Å². The average Bonchev–Trinajstić information content (AvgIpc) is 2.95. The van der Waals surface area contributed by atoms with Gasteiger partial charge in [-0.1, -0.05) is 18.2 Å². The first-order valence-corrected chi connectivity index (χ1v) is 6.96. The highest BCUT2D eigenvalue weighted by atomic mass is 32.1. The zero-order chi connectivity index (χ0) is 15.4. The normalized spacial score (nSPS) is 11.0. The number of hydrogen-bond donors (Lipinski definition) is 1. The Morgan fingerprint density at radius 3 is 2.95 bits per heavy atom. The zero-order valence-corrected chi connectivity index (χ0v) is 12.6. The van der Waals surface area contributed by atoms with Crippen molar-refractivity contribution in [3.05, 3.63) is 59.1 Å². The van der Waals surface area contributed by atoms with Gasteiger partial charge in [0.15, 0.2) is 5.82 Å². The lowest BCUT2D eigenvalue weighted by molar-refractivity contribution is 0.415. The van der Waals surface area contributed by atoms with Gasteiger partial charge in [-0.3, -0.25) is 4.98 Å². The summed E-state index contributed by atoms with van der Waals surface area (Å²) in [5.74, 6) is 1.35. The van der Waals surface area contributed by atoms with Gasteiger partial charge in [0, 0.05) is 11.8 Å². The van der Waals surface area contributed by atoms with Gasteiger partial charge in [-0.2, -0.15) is 14.9 Å². The molecule has 7 heteroatoms. The summed E-state index contributed by atoms with van der Waals surface area (Å²) in [5.41, 5.74) is 1.59. The molecule has 0 spiro atoms. The summed E-state index contributed by atoms with van der Waals surface area (Å²) in [6.07, 6.45) is 3.34. The van der Waals surface area contributed by atoms with E-state index in [0.29, 0.717) is 10.6 Å². The van der Waals surface area contributed by atoms with Crippen LogP contribution < -0.4 is 4.74 Å². The van der Waals surface area contributed by atoms with Crippen LogP contribution in [0.1, 0.15) is 5.69 Å². The number of aromatic amines is 1. The molecule has 3 rings (SSSR count). The van der Waals surface area contributed by atoms with Crippen LogP contribution in [-0.4, -0.2) is 33.2 Å². The largest absolute Gasteiger partial charge is 0.497 e. The second kappa shape index (κ2) is 6.31. The van der Waals surface area contributed by atoms with Crippen molar-refractivity contribution in [2.45, 2.75) is 0 Å². The van der Waals surface area contributed by atoms with Crippen LogP contribution in [0.4, 0.5) is 0 Å². The minimum Gasteiger partial charge on any atom is -0.497 e. The monoisotopic (exact) mass is 311 g/mol. The molecule has 0 amide bonds. The number of pyridine rings is 1. The fraction of sp³-hybridized carbons (Fsp3) is 0.0667. The second-order valence-electron chi connectivity index (χ2n) is 4.40. The minimum absolute atomic E-state index is 0.407. The van der Waals surface area contributed by atoms with Crippen molar-refractivity contribution in [1.82, 2.24) is 19.9 Å². The van der Waals surface area contributed by atoms with Crippen LogP contribution in [0, 0.1) is 4.77 Å². The van der Waals surface area contributed by atoms with Crippen LogP contribution in [0.25, 0.3) is 11.4 Å². The molecule has 0 aliphatic rings. The van der Waals surface area contributed by atoms with Crippen molar-refractivity contribution >= 4 is 18.4 Å². The number of ether oxygens (including phenoxy) is 1. The van der Waals surface area contributed by atoms with E-state index in [-0.39, 0.29) is 0 Å². The third-order valence-corrected chi connectivity index (χ3v) is 3.24. The summed E-state index contributed by atoms with van der Waals surface area (Å²) in [6, 6.07) is 13.1. The highest BCUT2D eigenvalue weighted by Gasteiger charge is 2.08. The first-order chi connectivity index (χ1) is 10.8. The summed E-state index contributed by atoms with van der Waals surface area (Å²) in [5, 5.41) is 11.3. The summed E-state index contributed by atoms with van der Waals surface area (Å²) in [4.78, 5) is 4.19. The molecule has 0 radical (unpaired) electrons. The van der Waals surface area contributed by atoms with Crippen molar-refractivity contribution in [2.75, 3.05) is 7.11 Å². The topological polar surface area (TPSA) is 68.1 Å². The SMILES string of the molecule is COc1cccc(-c2n[nH]c(=S)n2/N=C\c2ccccn2)c1. The Labute approximate surface area is 132 Å². The van der Waals surface area contributed by atoms with E-state index < -0.39 is 0 Å². The molecule has 22 heavy (non-hydrogen) atoms. The van der Waals surface area contributed by atoms with Gasteiger partial charge in [0.05, 0.1) is 19.0 Å². The van der Waals surface area contributed by atoms with Crippen LogP contribution >= 0.6 is 12.2 Å². The standard InChI is InChI=1S/C15H13N5OS/c1-21-13-7-4-5-11(9-13)14-18-19-15(22)20(14)17-10-12-6-2-3-8-16-12/h2-10H,1H3,(H,19,22)/b17-10-. The molecule has 3 aromatic rings. The lowest BCUT2D eigenvalue weighted by Gasteiger charge is -2.03. The first-order valence-electron chi connectivity index (χ1n) is 6.55. The number of benzene rings is 1. The van der Waals surface area contributed by atoms with Gasteiger partial charge in [-0.05, 0) is 36.5 Å². The van der Waals surface area contributed by atoms with Crippen LogP contribution in [-0.2, 0) is 0 Å². The van der Waals surface area contributed by atoms with Crippen molar-refractivity contribution in [3.63, 3.8) is 0 Å². The lowest BCUT2D eigenvalue weighted by Crippen LogP contribution is -1.96. The maximum Gasteiger partial charge on any atom is 0.216 e. The van der Waals surface area contributed by atoms with Crippen LogP contribution in [0.15, 0.2) is 53.8 Å². The Kier molecular flexibility index (Phi) is 4.06. The van der Waals surface area contributed by atoms with Gasteiger partial charge in [0.1, 0.15) is 5.75 Å². The van der Waals surface area contributed by atoms with Crippen molar-refractivity contribution in [2.24, 2.45) is 5.10 Å². The second-order valence-corrected chi connectivity index (χ2v) is 4.78. The van der Waals surface area contributed by atoms with E-state index in [9.17, 15) is 0 Å². The number of nitrogens with one attached hydrogen (secondary N) is 1. The number of methoxy groups -OCH3 is 1. The number of nitrogens with zero attached hydrogens (tertiary/aromatic N) is 4. The van der Waals surface area contributed by atoms with Crippen molar-refractivity contribution < 1.29 is 4.74 Å². The highest BCUT2D eigenvalue weighted by molar-refractivity contribution is 7.71. The summed E-state index contributed by atoms with van der Waals surface area (Å²) < 4.78 is 7.19. The number of rotatable bonds is 4. The van der Waals surface area contributed by atoms with E-state index in [1.54, 1.807) is 24.2 Å². The molecule has 0 saturated carbocycles. The molecule has 0 aliphatic carbocycles. The Hall–Kier alpha value is -2.80. The van der Waals surface area contributed by atoms with Crippen LogP contribution in [0.2, 0.25) is 0 Å². The van der Waals surface area contributed by atoms with E-state index in [1.165, 1.54) is 0 Å². The minimum atomic E-state index is 0.407. The Bertz CT molecular complexity index is 854. The molecule has 6 nitrogen and oxygen atoms in total. The predicted octanol–water partition coefficient (Wildman–Crippen LogP) is 2.89. The molecule has 0 bridgehead atoms. The molecule has 0 fully saturated rings. The van der Waals surface area contributed by atoms with Crippen molar-refractivity contribution in [3.8, 4) is 17.1 Å². The van der Waals surface area contributed by atoms with Gasteiger partial charge in [0.25, 0.3) is 0 Å². The highest BCUT2D eigenvalue weighted by Crippen LogP contribution is 2.22. The molecule has 0 aliphatic heterocycles. The van der Waals surface area contributed by atoms with E-state index >= 15 is 0 Å². The molecule has 0 atom stereocenters. The zero-order valence-electron chi connectivity index (χ0n) is 11.8. The number of aromatic nitrogens is 4. The average molecular weight is 311 g/mol. The molecule has 2 aromatic heterocycles. The fourth-order valence-electron chi connectivity index (χ4n) is 1.92. The molecular weight excluding hydrogens is 298 g/mol. The Morgan fingerprint density at radius 1 is 1.27 bits per heavy atom. The van der Waals surface area contributed by atoms with Crippen LogP contribution in [0.5, 0.6) is 5.75 Å². The molecule has 1 aromatic carbocycles. The fourth-order valence-corrected chi connectivity index (χ4v) is 2.10. The van der Waals surface area contributed by atoms with Gasteiger partial charge in [0.2, 0.25) is 4.77 Å². The van der Waals surface area contributed by atoms with E-state index in [1.807, 2.05) is 42.5 Å². The molecule has 2 heterocycles. The summed E-state index contributed by atoms with van der Waals surface area (Å²) >= 11 is 5.23. The van der Waals surface area contributed by atoms with Crippen molar-refractivity contribution in [1.29, 1.82) is 0 Å². The van der Waals surface area contributed by atoms with E-state index in [0.717, 1.165) is 17.0 Å². The first kappa shape index (κ1) is 14.2. The lowest BCUT2D eigenvalue weighted by atomic mass is 10.2. The van der Waals surface area contributed by atoms with Gasteiger partial charge in [-0.25, -0.2) is 5.10 Å². The van der Waals surface area contributed by atoms with Gasteiger partial charge < -0.3 is 4.74 Å². The smallest absolute Gasteiger partial charge is 0.216 e. The maximum atomic E-state index is 5.23. The predicted molar refractivity (Wildman–Crippen MR) is 86.6 cm³/mol. The van der Waals surface area contributed by atoms with E-state index in [2.05, 4.69) is 20.3 Å². The quantitative estimate of drug-likeness (QED) is 0.594. The molecule has 110 valence electrons. The maximum absolute atomic E-state index is 5.23. The molecular formula is C15H13N5OS. The number of hydrogen-bond acceptors (Lipinski definition) is 5. The van der Waals surface area contributed by atoms with Crippen LogP contribution in [0.3, 0.4) is 0 Å².